The van der Waals surface area contributed by atoms with Gasteiger partial charge in [-0.3, -0.25) is 4.79 Å². The Bertz CT molecular complexity index is 159. The van der Waals surface area contributed by atoms with Crippen molar-refractivity contribution < 1.29 is 4.79 Å². The molecule has 0 aromatic carbocycles. The maximum atomic E-state index is 11.2. The molecular weight excluding hydrogens is 198 g/mol. The van der Waals surface area contributed by atoms with Crippen molar-refractivity contribution in [2.75, 3.05) is 12.4 Å². The fraction of sp³-hybridized carbons (Fsp3) is 0.909. The Morgan fingerprint density at radius 3 is 2.50 bits per heavy atom. The van der Waals surface area contributed by atoms with Gasteiger partial charge < -0.3 is 5.32 Å². The zero-order chi connectivity index (χ0) is 11.0. The minimum atomic E-state index is 0.165. The molecule has 0 saturated heterocycles. The van der Waals surface area contributed by atoms with Crippen molar-refractivity contribution in [3.8, 4) is 0 Å². The van der Waals surface area contributed by atoms with Crippen LogP contribution in [0.25, 0.3) is 0 Å². The first-order valence-corrected chi connectivity index (χ1v) is 5.92. The largest absolute Gasteiger partial charge is 0.356 e. The molecule has 0 aliphatic rings. The topological polar surface area (TPSA) is 29.1 Å². The van der Waals surface area contributed by atoms with E-state index in [9.17, 15) is 4.79 Å². The normalized spacial score (nSPS) is 12.9. The summed E-state index contributed by atoms with van der Waals surface area (Å²) in [4.78, 5) is 11.2. The van der Waals surface area contributed by atoms with E-state index >= 15 is 0 Å². The maximum Gasteiger partial charge on any atom is 0.220 e. The highest BCUT2D eigenvalue weighted by Gasteiger charge is 2.04. The molecule has 14 heavy (non-hydrogen) atoms. The van der Waals surface area contributed by atoms with Crippen LogP contribution in [-0.4, -0.2) is 18.3 Å². The number of nitrogens with one attached hydrogen (secondary N) is 1. The highest BCUT2D eigenvalue weighted by Crippen LogP contribution is 2.06. The van der Waals surface area contributed by atoms with E-state index in [1.807, 2.05) is 0 Å². The summed E-state index contributed by atoms with van der Waals surface area (Å²) in [6.07, 6.45) is 2.74. The molecule has 0 bridgehead atoms. The van der Waals surface area contributed by atoms with Crippen LogP contribution in [0.2, 0.25) is 0 Å². The van der Waals surface area contributed by atoms with Gasteiger partial charge in [0.1, 0.15) is 0 Å². The molecule has 0 aromatic rings. The van der Waals surface area contributed by atoms with Crippen LogP contribution in [0.1, 0.15) is 40.0 Å². The fourth-order valence-electron chi connectivity index (χ4n) is 1.20. The summed E-state index contributed by atoms with van der Waals surface area (Å²) >= 11 is 5.67. The van der Waals surface area contributed by atoms with Crippen molar-refractivity contribution in [1.29, 1.82) is 0 Å². The SMILES string of the molecule is CC(C)CC(=O)NCCCC(C)CCl. The van der Waals surface area contributed by atoms with Crippen LogP contribution in [-0.2, 0) is 4.79 Å². The van der Waals surface area contributed by atoms with Crippen LogP contribution in [0.5, 0.6) is 0 Å². The third kappa shape index (κ3) is 8.36. The molecule has 0 aliphatic carbocycles. The Kier molecular flexibility index (Phi) is 7.96. The predicted molar refractivity (Wildman–Crippen MR) is 61.6 cm³/mol. The van der Waals surface area contributed by atoms with E-state index in [4.69, 9.17) is 11.6 Å². The molecule has 0 aliphatic heterocycles. The third-order valence-corrected chi connectivity index (χ3v) is 2.58. The average molecular weight is 220 g/mol. The van der Waals surface area contributed by atoms with Crippen molar-refractivity contribution in [2.24, 2.45) is 11.8 Å². The number of carbonyl (C=O) groups excluding carboxylic acids is 1. The lowest BCUT2D eigenvalue weighted by Gasteiger charge is -2.09. The van der Waals surface area contributed by atoms with E-state index in [0.29, 0.717) is 24.1 Å². The maximum absolute atomic E-state index is 11.2. The minimum Gasteiger partial charge on any atom is -0.356 e. The molecule has 1 atom stereocenters. The third-order valence-electron chi connectivity index (χ3n) is 2.05. The van der Waals surface area contributed by atoms with E-state index in [1.54, 1.807) is 0 Å². The number of hydrogen-bond donors (Lipinski definition) is 1. The van der Waals surface area contributed by atoms with Gasteiger partial charge in [-0.1, -0.05) is 20.8 Å². The number of rotatable bonds is 7. The highest BCUT2D eigenvalue weighted by molar-refractivity contribution is 6.18. The van der Waals surface area contributed by atoms with Gasteiger partial charge in [-0.15, -0.1) is 11.6 Å². The van der Waals surface area contributed by atoms with Crippen molar-refractivity contribution in [3.05, 3.63) is 0 Å². The Hall–Kier alpha value is -0.240. The molecule has 0 heterocycles. The molecule has 0 spiro atoms. The number of halogens is 1. The molecular formula is C11H22ClNO. The van der Waals surface area contributed by atoms with E-state index < -0.39 is 0 Å². The van der Waals surface area contributed by atoms with Crippen molar-refractivity contribution >= 4 is 17.5 Å². The number of carbonyl (C=O) groups is 1. The van der Waals surface area contributed by atoms with Crippen LogP contribution < -0.4 is 5.32 Å². The molecule has 3 heteroatoms. The van der Waals surface area contributed by atoms with Crippen LogP contribution in [0, 0.1) is 11.8 Å². The molecule has 1 amide bonds. The highest BCUT2D eigenvalue weighted by atomic mass is 35.5. The summed E-state index contributed by atoms with van der Waals surface area (Å²) in [6.45, 7) is 7.01. The molecule has 1 N–H and O–H groups in total. The van der Waals surface area contributed by atoms with Gasteiger partial charge in [0.2, 0.25) is 5.91 Å². The van der Waals surface area contributed by atoms with Crippen molar-refractivity contribution in [2.45, 2.75) is 40.0 Å². The van der Waals surface area contributed by atoms with E-state index in [0.717, 1.165) is 19.4 Å². The monoisotopic (exact) mass is 219 g/mol. The van der Waals surface area contributed by atoms with Crippen LogP contribution in [0.15, 0.2) is 0 Å². The molecule has 84 valence electrons. The van der Waals surface area contributed by atoms with Gasteiger partial charge in [-0.25, -0.2) is 0 Å². The minimum absolute atomic E-state index is 0.165. The number of hydrogen-bond acceptors (Lipinski definition) is 1. The lowest BCUT2D eigenvalue weighted by molar-refractivity contribution is -0.121. The second-order valence-electron chi connectivity index (χ2n) is 4.35. The molecule has 0 radical (unpaired) electrons. The summed E-state index contributed by atoms with van der Waals surface area (Å²) in [5.41, 5.74) is 0. The Morgan fingerprint density at radius 1 is 1.36 bits per heavy atom. The average Bonchev–Trinajstić information content (AvgIpc) is 2.10. The van der Waals surface area contributed by atoms with Crippen molar-refractivity contribution in [1.82, 2.24) is 5.32 Å². The fourth-order valence-corrected chi connectivity index (χ4v) is 1.35. The lowest BCUT2D eigenvalue weighted by atomic mass is 10.1. The first-order valence-electron chi connectivity index (χ1n) is 5.39. The smallest absolute Gasteiger partial charge is 0.220 e. The first-order chi connectivity index (χ1) is 6.56. The van der Waals surface area contributed by atoms with Crippen LogP contribution in [0.4, 0.5) is 0 Å². The zero-order valence-electron chi connectivity index (χ0n) is 9.48. The number of amides is 1. The van der Waals surface area contributed by atoms with E-state index in [2.05, 4.69) is 26.1 Å². The summed E-state index contributed by atoms with van der Waals surface area (Å²) in [5.74, 6) is 1.87. The van der Waals surface area contributed by atoms with Gasteiger partial charge in [-0.2, -0.15) is 0 Å². The van der Waals surface area contributed by atoms with Gasteiger partial charge in [-0.05, 0) is 24.7 Å². The summed E-state index contributed by atoms with van der Waals surface area (Å²) in [6, 6.07) is 0. The lowest BCUT2D eigenvalue weighted by Crippen LogP contribution is -2.25. The second-order valence-corrected chi connectivity index (χ2v) is 4.66. The Balaban J connectivity index is 3.31. The standard InChI is InChI=1S/C11H22ClNO/c1-9(2)7-11(14)13-6-4-5-10(3)8-12/h9-10H,4-8H2,1-3H3,(H,13,14). The van der Waals surface area contributed by atoms with E-state index in [1.165, 1.54) is 0 Å². The first kappa shape index (κ1) is 13.8. The Morgan fingerprint density at radius 2 is 2.00 bits per heavy atom. The quantitative estimate of drug-likeness (QED) is 0.518. The Labute approximate surface area is 92.4 Å². The van der Waals surface area contributed by atoms with Crippen LogP contribution >= 0.6 is 11.6 Å². The summed E-state index contributed by atoms with van der Waals surface area (Å²) in [5, 5.41) is 2.91. The molecule has 0 fully saturated rings. The molecule has 1 unspecified atom stereocenters. The van der Waals surface area contributed by atoms with Gasteiger partial charge in [0, 0.05) is 18.8 Å². The summed E-state index contributed by atoms with van der Waals surface area (Å²) in [7, 11) is 0. The van der Waals surface area contributed by atoms with Gasteiger partial charge >= 0.3 is 0 Å². The van der Waals surface area contributed by atoms with Gasteiger partial charge in [0.05, 0.1) is 0 Å². The van der Waals surface area contributed by atoms with Crippen LogP contribution in [0.3, 0.4) is 0 Å². The van der Waals surface area contributed by atoms with E-state index in [-0.39, 0.29) is 5.91 Å². The predicted octanol–water partition coefficient (Wildman–Crippen LogP) is 2.80. The molecule has 2 nitrogen and oxygen atoms in total. The van der Waals surface area contributed by atoms with Crippen molar-refractivity contribution in [3.63, 3.8) is 0 Å². The van der Waals surface area contributed by atoms with Gasteiger partial charge in [0.15, 0.2) is 0 Å². The van der Waals surface area contributed by atoms with Gasteiger partial charge in [0.25, 0.3) is 0 Å². The number of alkyl halides is 1. The summed E-state index contributed by atoms with van der Waals surface area (Å²) < 4.78 is 0. The molecule has 0 aromatic heterocycles. The molecule has 0 rings (SSSR count). The zero-order valence-corrected chi connectivity index (χ0v) is 10.2. The second kappa shape index (κ2) is 8.10. The molecule has 0 saturated carbocycles.